The van der Waals surface area contributed by atoms with E-state index in [0.29, 0.717) is 44.8 Å². The Bertz CT molecular complexity index is 2600. The van der Waals surface area contributed by atoms with Crippen molar-refractivity contribution in [3.8, 4) is 28.7 Å². The molecule has 0 saturated carbocycles. The summed E-state index contributed by atoms with van der Waals surface area (Å²) in [5.74, 6) is 1.60. The number of benzene rings is 4. The van der Waals surface area contributed by atoms with Crippen LogP contribution in [0.2, 0.25) is 0 Å². The van der Waals surface area contributed by atoms with Crippen molar-refractivity contribution >= 4 is 33.2 Å². The molecule has 0 amide bonds. The van der Waals surface area contributed by atoms with E-state index >= 15 is 0 Å². The summed E-state index contributed by atoms with van der Waals surface area (Å²) in [4.78, 5) is 6.35. The Kier molecular flexibility index (Phi) is 4.01. The van der Waals surface area contributed by atoms with Gasteiger partial charge in [-0.1, -0.05) is 57.0 Å². The van der Waals surface area contributed by atoms with Gasteiger partial charge in [-0.05, 0) is 75.9 Å². The Labute approximate surface area is 260 Å². The standard InChI is InChI=1S/C35H29N7O/c1-35(2,3)23-17-18-36-33(19-23)42-31-14-7-4-11-27(31)28-16-15-26(21-32(28)42)43-25-10-8-9-24(20-25)40-22-41-34(37-38-39-41)29-12-5-6-13-30(29)40/h4-21H,22H2,1-3H3/i4D,5D,6D,7D,11D,12D,13D,14D. The number of hydrogen-bond donors (Lipinski definition) is 0. The normalized spacial score (nSPS) is 15.5. The van der Waals surface area contributed by atoms with E-state index in [9.17, 15) is 0 Å². The van der Waals surface area contributed by atoms with Crippen molar-refractivity contribution in [2.75, 3.05) is 4.90 Å². The fourth-order valence-electron chi connectivity index (χ4n) is 5.42. The van der Waals surface area contributed by atoms with Crippen molar-refractivity contribution in [2.45, 2.75) is 32.9 Å². The molecule has 8 nitrogen and oxygen atoms in total. The molecule has 4 aromatic carbocycles. The molecule has 0 fully saturated rings. The van der Waals surface area contributed by atoms with E-state index in [0.717, 1.165) is 5.56 Å². The average molecular weight is 572 g/mol. The van der Waals surface area contributed by atoms with Crippen molar-refractivity contribution in [2.24, 2.45) is 0 Å². The molecule has 3 aromatic heterocycles. The van der Waals surface area contributed by atoms with Gasteiger partial charge in [-0.3, -0.25) is 4.57 Å². The van der Waals surface area contributed by atoms with Gasteiger partial charge in [0.2, 0.25) is 0 Å². The van der Waals surface area contributed by atoms with Crippen molar-refractivity contribution in [1.29, 1.82) is 0 Å². The Morgan fingerprint density at radius 2 is 1.67 bits per heavy atom. The Hall–Kier alpha value is -5.50. The zero-order valence-electron chi connectivity index (χ0n) is 31.5. The van der Waals surface area contributed by atoms with Gasteiger partial charge in [0, 0.05) is 40.4 Å². The molecule has 8 heteroatoms. The molecule has 0 unspecified atom stereocenters. The van der Waals surface area contributed by atoms with Gasteiger partial charge in [-0.25, -0.2) is 9.67 Å². The molecule has 0 atom stereocenters. The van der Waals surface area contributed by atoms with Crippen molar-refractivity contribution in [3.63, 3.8) is 0 Å². The molecule has 0 radical (unpaired) electrons. The van der Waals surface area contributed by atoms with Gasteiger partial charge >= 0.3 is 0 Å². The van der Waals surface area contributed by atoms with Crippen LogP contribution in [0.25, 0.3) is 39.0 Å². The molecule has 0 aliphatic carbocycles. The number of fused-ring (bicyclic) bond motifs is 6. The maximum absolute atomic E-state index is 8.88. The van der Waals surface area contributed by atoms with Gasteiger partial charge in [-0.15, -0.1) is 5.10 Å². The second kappa shape index (κ2) is 9.52. The highest BCUT2D eigenvalue weighted by Crippen LogP contribution is 2.40. The van der Waals surface area contributed by atoms with E-state index in [1.807, 2.05) is 12.1 Å². The van der Waals surface area contributed by atoms with Crippen LogP contribution in [0, 0.1) is 0 Å². The van der Waals surface area contributed by atoms with Crippen molar-refractivity contribution in [1.82, 2.24) is 29.8 Å². The predicted octanol–water partition coefficient (Wildman–Crippen LogP) is 8.03. The zero-order valence-corrected chi connectivity index (χ0v) is 23.5. The summed E-state index contributed by atoms with van der Waals surface area (Å²) in [5.41, 5.74) is 2.70. The van der Waals surface area contributed by atoms with Crippen LogP contribution in [0.15, 0.2) is 109 Å². The number of tetrazole rings is 1. The van der Waals surface area contributed by atoms with Gasteiger partial charge < -0.3 is 9.64 Å². The molecular formula is C35H29N7O. The van der Waals surface area contributed by atoms with Crippen LogP contribution in [0.5, 0.6) is 11.5 Å². The number of pyridine rings is 1. The summed E-state index contributed by atoms with van der Waals surface area (Å²) in [6.07, 6.45) is 1.70. The third-order valence-electron chi connectivity index (χ3n) is 7.54. The predicted molar refractivity (Wildman–Crippen MR) is 169 cm³/mol. The highest BCUT2D eigenvalue weighted by molar-refractivity contribution is 6.09. The number of rotatable bonds is 4. The topological polar surface area (TPSA) is 73.9 Å². The fraction of sp³-hybridized carbons (Fsp3) is 0.143. The van der Waals surface area contributed by atoms with Gasteiger partial charge in [0.05, 0.1) is 27.7 Å². The molecule has 210 valence electrons. The first-order valence-electron chi connectivity index (χ1n) is 17.7. The van der Waals surface area contributed by atoms with Crippen molar-refractivity contribution < 1.29 is 15.7 Å². The summed E-state index contributed by atoms with van der Waals surface area (Å²) in [7, 11) is 0. The highest BCUT2D eigenvalue weighted by atomic mass is 16.5. The van der Waals surface area contributed by atoms with Crippen molar-refractivity contribution in [3.05, 3.63) is 115 Å². The van der Waals surface area contributed by atoms with E-state index in [2.05, 4.69) is 41.3 Å². The number of aromatic nitrogens is 6. The second-order valence-electron chi connectivity index (χ2n) is 11.3. The average Bonchev–Trinajstić information content (AvgIpc) is 3.73. The second-order valence-corrected chi connectivity index (χ2v) is 11.3. The van der Waals surface area contributed by atoms with Crippen LogP contribution in [-0.4, -0.2) is 29.8 Å². The van der Waals surface area contributed by atoms with Gasteiger partial charge in [0.15, 0.2) is 5.82 Å². The lowest BCUT2D eigenvalue weighted by Gasteiger charge is -2.30. The summed E-state index contributed by atoms with van der Waals surface area (Å²) < 4.78 is 78.1. The van der Waals surface area contributed by atoms with E-state index in [1.54, 1.807) is 58.1 Å². The van der Waals surface area contributed by atoms with Crippen LogP contribution in [0.4, 0.5) is 11.4 Å². The van der Waals surface area contributed by atoms with Gasteiger partial charge in [0.25, 0.3) is 0 Å². The van der Waals surface area contributed by atoms with Crippen LogP contribution < -0.4 is 9.64 Å². The molecule has 7 aromatic rings. The molecule has 0 saturated heterocycles. The van der Waals surface area contributed by atoms with Crippen LogP contribution >= 0.6 is 0 Å². The number of anilines is 2. The Morgan fingerprint density at radius 1 is 0.837 bits per heavy atom. The van der Waals surface area contributed by atoms with Gasteiger partial charge in [-0.2, -0.15) is 0 Å². The molecule has 0 bridgehead atoms. The summed E-state index contributed by atoms with van der Waals surface area (Å²) in [6, 6.07) is 14.0. The third kappa shape index (κ3) is 4.22. The molecule has 43 heavy (non-hydrogen) atoms. The van der Waals surface area contributed by atoms with E-state index in [-0.39, 0.29) is 77.5 Å². The minimum Gasteiger partial charge on any atom is -0.457 e. The van der Waals surface area contributed by atoms with E-state index in [4.69, 9.17) is 15.7 Å². The van der Waals surface area contributed by atoms with Crippen LogP contribution in [0.3, 0.4) is 0 Å². The summed E-state index contributed by atoms with van der Waals surface area (Å²) >= 11 is 0. The zero-order chi connectivity index (χ0) is 36.1. The number of para-hydroxylation sites is 2. The number of ether oxygens (including phenoxy) is 1. The number of nitrogens with zero attached hydrogens (tertiary/aromatic N) is 7. The fourth-order valence-corrected chi connectivity index (χ4v) is 5.42. The highest BCUT2D eigenvalue weighted by Gasteiger charge is 2.25. The molecule has 0 N–H and O–H groups in total. The minimum absolute atomic E-state index is 0.0917. The lowest BCUT2D eigenvalue weighted by molar-refractivity contribution is 0.483. The lowest BCUT2D eigenvalue weighted by Crippen LogP contribution is -2.27. The van der Waals surface area contributed by atoms with E-state index < -0.39 is 0 Å². The summed E-state index contributed by atoms with van der Waals surface area (Å²) in [5, 5.41) is 12.8. The number of hydrogen-bond acceptors (Lipinski definition) is 6. The quantitative estimate of drug-likeness (QED) is 0.213. The molecular weight excluding hydrogens is 534 g/mol. The Balaban J connectivity index is 1.27. The monoisotopic (exact) mass is 571 g/mol. The maximum Gasteiger partial charge on any atom is 0.185 e. The molecule has 1 aliphatic heterocycles. The van der Waals surface area contributed by atoms with Crippen LogP contribution in [0.1, 0.15) is 37.3 Å². The maximum atomic E-state index is 8.88. The summed E-state index contributed by atoms with van der Waals surface area (Å²) in [6.45, 7) is 6.35. The third-order valence-corrected chi connectivity index (χ3v) is 7.54. The first kappa shape index (κ1) is 18.1. The molecule has 4 heterocycles. The Morgan fingerprint density at radius 3 is 2.58 bits per heavy atom. The molecule has 8 rings (SSSR count). The molecule has 1 aliphatic rings. The van der Waals surface area contributed by atoms with E-state index in [1.165, 1.54) is 4.68 Å². The first-order valence-corrected chi connectivity index (χ1v) is 13.7. The minimum atomic E-state index is -0.381. The smallest absolute Gasteiger partial charge is 0.185 e. The van der Waals surface area contributed by atoms with Gasteiger partial charge in [0.1, 0.15) is 24.0 Å². The molecule has 0 spiro atoms. The first-order chi connectivity index (χ1) is 24.3. The largest absolute Gasteiger partial charge is 0.457 e. The SMILES string of the molecule is [2H]c1c([2H])c([2H])c2c(c1[2H])-c1nnnn1CN2c1cccc(Oc2ccc3c4c([2H])c([2H])c([2H])c([2H])c4n(-c4cc(C(C)(C)C)ccn4)c3c2)c1. The lowest BCUT2D eigenvalue weighted by atomic mass is 9.88. The van der Waals surface area contributed by atoms with Crippen LogP contribution in [-0.2, 0) is 12.1 Å².